The molecule has 1 fully saturated rings. The van der Waals surface area contributed by atoms with Gasteiger partial charge in [-0.3, -0.25) is 9.69 Å². The monoisotopic (exact) mass is 334 g/mol. The number of halogens is 1. The highest BCUT2D eigenvalue weighted by molar-refractivity contribution is 5.89. The van der Waals surface area contributed by atoms with E-state index in [0.29, 0.717) is 18.8 Å². The summed E-state index contributed by atoms with van der Waals surface area (Å²) in [6.07, 6.45) is 2.41. The smallest absolute Gasteiger partial charge is 0.319 e. The zero-order valence-corrected chi connectivity index (χ0v) is 13.7. The number of rotatable bonds is 6. The lowest BCUT2D eigenvalue weighted by Crippen LogP contribution is -2.46. The van der Waals surface area contributed by atoms with Crippen molar-refractivity contribution in [3.63, 3.8) is 0 Å². The zero-order valence-electron chi connectivity index (χ0n) is 13.7. The molecule has 130 valence electrons. The van der Waals surface area contributed by atoms with Gasteiger partial charge in [0.1, 0.15) is 5.82 Å². The minimum atomic E-state index is -0.351. The Morgan fingerprint density at radius 1 is 1.42 bits per heavy atom. The Kier molecular flexibility index (Phi) is 6.31. The van der Waals surface area contributed by atoms with Crippen molar-refractivity contribution in [1.82, 2.24) is 15.5 Å². The number of anilines is 1. The average Bonchev–Trinajstić information content (AvgIpc) is 3.02. The molecule has 24 heavy (non-hydrogen) atoms. The second-order valence-corrected chi connectivity index (χ2v) is 5.80. The summed E-state index contributed by atoms with van der Waals surface area (Å²) in [5, 5.41) is 8.31. The normalized spacial score (nSPS) is 18.7. The van der Waals surface area contributed by atoms with Gasteiger partial charge in [0, 0.05) is 31.4 Å². The van der Waals surface area contributed by atoms with Gasteiger partial charge in [-0.2, -0.15) is 0 Å². The van der Waals surface area contributed by atoms with Crippen molar-refractivity contribution >= 4 is 17.6 Å². The number of hydrogen-bond acceptors (Lipinski definition) is 3. The van der Waals surface area contributed by atoms with Crippen molar-refractivity contribution in [3.8, 4) is 0 Å². The van der Waals surface area contributed by atoms with Crippen LogP contribution < -0.4 is 16.0 Å². The molecule has 0 aliphatic carbocycles. The number of likely N-dealkylation sites (tertiary alicyclic amines) is 1. The highest BCUT2D eigenvalue weighted by Gasteiger charge is 2.30. The molecule has 1 saturated heterocycles. The number of nitrogens with one attached hydrogen (secondary N) is 3. The fourth-order valence-corrected chi connectivity index (χ4v) is 2.63. The largest absolute Gasteiger partial charge is 0.351 e. The van der Waals surface area contributed by atoms with Crippen LogP contribution in [0.3, 0.4) is 0 Å². The first-order valence-corrected chi connectivity index (χ1v) is 7.95. The van der Waals surface area contributed by atoms with Crippen LogP contribution in [0.2, 0.25) is 0 Å². The third-order valence-electron chi connectivity index (χ3n) is 4.00. The first-order chi connectivity index (χ1) is 11.5. The van der Waals surface area contributed by atoms with E-state index in [1.54, 1.807) is 6.08 Å². The van der Waals surface area contributed by atoms with Crippen molar-refractivity contribution in [2.24, 2.45) is 0 Å². The molecule has 0 aromatic heterocycles. The standard InChI is InChI=1S/C17H23FN4O2/c1-3-9-19-16(23)12(2)22-10-8-15(11-22)21-17(24)20-14-6-4-13(18)5-7-14/h3-7,12,15H,1,8-11H2,2H3,(H,19,23)(H2,20,21,24). The maximum Gasteiger partial charge on any atom is 0.319 e. The number of urea groups is 1. The zero-order chi connectivity index (χ0) is 17.5. The van der Waals surface area contributed by atoms with Gasteiger partial charge in [-0.05, 0) is 37.6 Å². The molecule has 1 aromatic rings. The Labute approximate surface area is 141 Å². The predicted octanol–water partition coefficient (Wildman–Crippen LogP) is 1.71. The van der Waals surface area contributed by atoms with Crippen LogP contribution in [0.1, 0.15) is 13.3 Å². The maximum atomic E-state index is 12.8. The first kappa shape index (κ1) is 17.9. The van der Waals surface area contributed by atoms with Crippen molar-refractivity contribution in [2.45, 2.75) is 25.4 Å². The molecule has 1 aliphatic heterocycles. The van der Waals surface area contributed by atoms with Gasteiger partial charge in [-0.15, -0.1) is 6.58 Å². The lowest BCUT2D eigenvalue weighted by molar-refractivity contribution is -0.125. The van der Waals surface area contributed by atoms with Gasteiger partial charge in [0.05, 0.1) is 6.04 Å². The molecule has 7 heteroatoms. The van der Waals surface area contributed by atoms with E-state index in [1.807, 2.05) is 11.8 Å². The highest BCUT2D eigenvalue weighted by atomic mass is 19.1. The molecule has 6 nitrogen and oxygen atoms in total. The molecule has 0 saturated carbocycles. The van der Waals surface area contributed by atoms with Crippen molar-refractivity contribution in [3.05, 3.63) is 42.7 Å². The van der Waals surface area contributed by atoms with E-state index in [9.17, 15) is 14.0 Å². The topological polar surface area (TPSA) is 73.5 Å². The van der Waals surface area contributed by atoms with Crippen LogP contribution in [0.15, 0.2) is 36.9 Å². The summed E-state index contributed by atoms with van der Waals surface area (Å²) in [7, 11) is 0. The number of hydrogen-bond donors (Lipinski definition) is 3. The molecule has 0 radical (unpaired) electrons. The summed E-state index contributed by atoms with van der Waals surface area (Å²) in [6, 6.07) is 4.96. The number of amides is 3. The van der Waals surface area contributed by atoms with E-state index in [0.717, 1.165) is 13.0 Å². The molecule has 1 heterocycles. The lowest BCUT2D eigenvalue weighted by Gasteiger charge is -2.23. The molecule has 2 atom stereocenters. The predicted molar refractivity (Wildman–Crippen MR) is 91.2 cm³/mol. The number of benzene rings is 1. The summed E-state index contributed by atoms with van der Waals surface area (Å²) in [5.41, 5.74) is 0.529. The van der Waals surface area contributed by atoms with Gasteiger partial charge < -0.3 is 16.0 Å². The van der Waals surface area contributed by atoms with Crippen molar-refractivity contribution in [2.75, 3.05) is 25.0 Å². The number of nitrogens with zero attached hydrogens (tertiary/aromatic N) is 1. The number of carbonyl (C=O) groups is 2. The van der Waals surface area contributed by atoms with E-state index in [-0.39, 0.29) is 29.8 Å². The molecule has 2 unspecified atom stereocenters. The fraction of sp³-hybridized carbons (Fsp3) is 0.412. The first-order valence-electron chi connectivity index (χ1n) is 7.95. The molecule has 0 bridgehead atoms. The summed E-state index contributed by atoms with van der Waals surface area (Å²) in [4.78, 5) is 26.0. The third-order valence-corrected chi connectivity index (χ3v) is 4.00. The molecule has 3 N–H and O–H groups in total. The molecular weight excluding hydrogens is 311 g/mol. The van der Waals surface area contributed by atoms with Crippen LogP contribution in [0.25, 0.3) is 0 Å². The van der Waals surface area contributed by atoms with Crippen molar-refractivity contribution in [1.29, 1.82) is 0 Å². The quantitative estimate of drug-likeness (QED) is 0.694. The van der Waals surface area contributed by atoms with E-state index in [4.69, 9.17) is 0 Å². The summed E-state index contributed by atoms with van der Waals surface area (Å²) in [6.45, 7) is 7.21. The van der Waals surface area contributed by atoms with E-state index in [2.05, 4.69) is 22.5 Å². The van der Waals surface area contributed by atoms with Crippen LogP contribution in [0.5, 0.6) is 0 Å². The Morgan fingerprint density at radius 3 is 2.79 bits per heavy atom. The molecule has 2 rings (SSSR count). The molecule has 1 aromatic carbocycles. The second-order valence-electron chi connectivity index (χ2n) is 5.80. The van der Waals surface area contributed by atoms with Crippen LogP contribution in [0, 0.1) is 5.82 Å². The Morgan fingerprint density at radius 2 is 2.12 bits per heavy atom. The Balaban J connectivity index is 1.78. The van der Waals surface area contributed by atoms with Crippen LogP contribution in [-0.2, 0) is 4.79 Å². The number of carbonyl (C=O) groups excluding carboxylic acids is 2. The van der Waals surface area contributed by atoms with Gasteiger partial charge >= 0.3 is 6.03 Å². The minimum Gasteiger partial charge on any atom is -0.351 e. The summed E-state index contributed by atoms with van der Waals surface area (Å²) < 4.78 is 12.8. The lowest BCUT2D eigenvalue weighted by atomic mass is 10.2. The van der Waals surface area contributed by atoms with Gasteiger partial charge in [-0.25, -0.2) is 9.18 Å². The van der Waals surface area contributed by atoms with E-state index >= 15 is 0 Å². The maximum absolute atomic E-state index is 12.8. The third kappa shape index (κ3) is 5.06. The van der Waals surface area contributed by atoms with Crippen LogP contribution in [0.4, 0.5) is 14.9 Å². The van der Waals surface area contributed by atoms with E-state index in [1.165, 1.54) is 24.3 Å². The van der Waals surface area contributed by atoms with Gasteiger partial charge in [0.15, 0.2) is 0 Å². The fourth-order valence-electron chi connectivity index (χ4n) is 2.63. The highest BCUT2D eigenvalue weighted by Crippen LogP contribution is 2.14. The Bertz CT molecular complexity index is 591. The van der Waals surface area contributed by atoms with Gasteiger partial charge in [-0.1, -0.05) is 6.08 Å². The molecule has 0 spiro atoms. The van der Waals surface area contributed by atoms with Crippen LogP contribution >= 0.6 is 0 Å². The Hall–Kier alpha value is -2.41. The summed E-state index contributed by atoms with van der Waals surface area (Å²) >= 11 is 0. The second kappa shape index (κ2) is 8.44. The molecule has 3 amide bonds. The van der Waals surface area contributed by atoms with Gasteiger partial charge in [0.25, 0.3) is 0 Å². The molecular formula is C17H23FN4O2. The average molecular weight is 334 g/mol. The minimum absolute atomic E-state index is 0.0277. The van der Waals surface area contributed by atoms with E-state index < -0.39 is 0 Å². The SMILES string of the molecule is C=CCNC(=O)C(C)N1CCC(NC(=O)Nc2ccc(F)cc2)C1. The van der Waals surface area contributed by atoms with Gasteiger partial charge in [0.2, 0.25) is 5.91 Å². The van der Waals surface area contributed by atoms with Crippen LogP contribution in [-0.4, -0.2) is 48.6 Å². The van der Waals surface area contributed by atoms with Crippen molar-refractivity contribution < 1.29 is 14.0 Å². The molecule has 1 aliphatic rings. The summed E-state index contributed by atoms with van der Waals surface area (Å²) in [5.74, 6) is -0.401.